The molecule has 1 aromatic rings. The average molecular weight is 265 g/mol. The van der Waals surface area contributed by atoms with Crippen molar-refractivity contribution in [3.63, 3.8) is 0 Å². The first-order valence-electron chi connectivity index (χ1n) is 6.93. The van der Waals surface area contributed by atoms with Gasteiger partial charge in [-0.2, -0.15) is 0 Å². The van der Waals surface area contributed by atoms with Crippen molar-refractivity contribution >= 4 is 5.82 Å². The molecule has 19 heavy (non-hydrogen) atoms. The molecule has 0 spiro atoms. The molecule has 0 aliphatic rings. The third-order valence-electron chi connectivity index (χ3n) is 2.81. The van der Waals surface area contributed by atoms with Crippen molar-refractivity contribution in [2.75, 3.05) is 46.1 Å². The van der Waals surface area contributed by atoms with E-state index in [0.717, 1.165) is 49.9 Å². The fraction of sp³-hybridized carbons (Fsp3) is 0.714. The van der Waals surface area contributed by atoms with E-state index in [9.17, 15) is 0 Å². The Bertz CT molecular complexity index is 378. The standard InChI is InChI=1S/C14H27N5/c1-6-15-13-10-12(2)16-14(17-13)11-19(5)9-7-8-18(3)4/h10H,6-9,11H2,1-5H3,(H,15,16,17). The molecule has 0 fully saturated rings. The van der Waals surface area contributed by atoms with Crippen LogP contribution in [0, 0.1) is 6.92 Å². The van der Waals surface area contributed by atoms with Gasteiger partial charge < -0.3 is 10.2 Å². The molecule has 1 N–H and O–H groups in total. The van der Waals surface area contributed by atoms with E-state index < -0.39 is 0 Å². The number of nitrogens with one attached hydrogen (secondary N) is 1. The molecule has 0 aromatic carbocycles. The molecular formula is C14H27N5. The van der Waals surface area contributed by atoms with E-state index in [0.29, 0.717) is 0 Å². The van der Waals surface area contributed by atoms with E-state index in [2.05, 4.69) is 53.2 Å². The summed E-state index contributed by atoms with van der Waals surface area (Å²) in [5, 5.41) is 3.24. The lowest BCUT2D eigenvalue weighted by molar-refractivity contribution is 0.289. The lowest BCUT2D eigenvalue weighted by atomic mass is 10.3. The zero-order valence-electron chi connectivity index (χ0n) is 12.9. The Morgan fingerprint density at radius 1 is 1.16 bits per heavy atom. The van der Waals surface area contributed by atoms with Crippen LogP contribution in [0.15, 0.2) is 6.07 Å². The molecule has 0 saturated carbocycles. The highest BCUT2D eigenvalue weighted by atomic mass is 15.1. The van der Waals surface area contributed by atoms with E-state index >= 15 is 0 Å². The number of hydrogen-bond acceptors (Lipinski definition) is 5. The Hall–Kier alpha value is -1.20. The van der Waals surface area contributed by atoms with Crippen LogP contribution >= 0.6 is 0 Å². The molecule has 0 amide bonds. The molecule has 0 aliphatic carbocycles. The van der Waals surface area contributed by atoms with Crippen LogP contribution in [0.4, 0.5) is 5.82 Å². The van der Waals surface area contributed by atoms with E-state index in [1.54, 1.807) is 0 Å². The van der Waals surface area contributed by atoms with Gasteiger partial charge in [0.05, 0.1) is 6.54 Å². The molecule has 0 bridgehead atoms. The van der Waals surface area contributed by atoms with E-state index in [1.807, 2.05) is 13.0 Å². The van der Waals surface area contributed by atoms with Gasteiger partial charge in [-0.3, -0.25) is 4.90 Å². The van der Waals surface area contributed by atoms with Crippen molar-refractivity contribution in [1.29, 1.82) is 0 Å². The summed E-state index contributed by atoms with van der Waals surface area (Å²) in [7, 11) is 6.33. The highest BCUT2D eigenvalue weighted by Gasteiger charge is 2.05. The first kappa shape index (κ1) is 15.9. The molecule has 5 heteroatoms. The van der Waals surface area contributed by atoms with Crippen LogP contribution in [0.5, 0.6) is 0 Å². The molecule has 1 aromatic heterocycles. The van der Waals surface area contributed by atoms with Crippen LogP contribution in [-0.2, 0) is 6.54 Å². The number of aryl methyl sites for hydroxylation is 1. The minimum absolute atomic E-state index is 0.799. The molecule has 0 aliphatic heterocycles. The summed E-state index contributed by atoms with van der Waals surface area (Å²) in [6.07, 6.45) is 1.16. The van der Waals surface area contributed by atoms with Crippen molar-refractivity contribution in [1.82, 2.24) is 19.8 Å². The van der Waals surface area contributed by atoms with Gasteiger partial charge in [-0.25, -0.2) is 9.97 Å². The summed E-state index contributed by atoms with van der Waals surface area (Å²) in [6, 6.07) is 1.99. The molecule has 0 radical (unpaired) electrons. The first-order chi connectivity index (χ1) is 9.01. The largest absolute Gasteiger partial charge is 0.370 e. The highest BCUT2D eigenvalue weighted by molar-refractivity contribution is 5.35. The maximum atomic E-state index is 4.53. The molecule has 108 valence electrons. The summed E-state index contributed by atoms with van der Waals surface area (Å²) in [5.74, 6) is 1.81. The van der Waals surface area contributed by atoms with Crippen LogP contribution in [0.2, 0.25) is 0 Å². The van der Waals surface area contributed by atoms with Crippen molar-refractivity contribution in [2.24, 2.45) is 0 Å². The second kappa shape index (κ2) is 8.07. The Balaban J connectivity index is 2.51. The van der Waals surface area contributed by atoms with Gasteiger partial charge >= 0.3 is 0 Å². The maximum Gasteiger partial charge on any atom is 0.144 e. The number of nitrogens with zero attached hydrogens (tertiary/aromatic N) is 4. The molecule has 0 atom stereocenters. The molecular weight excluding hydrogens is 238 g/mol. The summed E-state index contributed by atoms with van der Waals surface area (Å²) < 4.78 is 0. The van der Waals surface area contributed by atoms with Gasteiger partial charge in [-0.05, 0) is 54.5 Å². The zero-order valence-corrected chi connectivity index (χ0v) is 12.9. The molecule has 5 nitrogen and oxygen atoms in total. The minimum Gasteiger partial charge on any atom is -0.370 e. The SMILES string of the molecule is CCNc1cc(C)nc(CN(C)CCCN(C)C)n1. The van der Waals surface area contributed by atoms with Crippen molar-refractivity contribution in [3.8, 4) is 0 Å². The smallest absolute Gasteiger partial charge is 0.144 e. The molecule has 0 saturated heterocycles. The summed E-state index contributed by atoms with van der Waals surface area (Å²) in [4.78, 5) is 13.5. The minimum atomic E-state index is 0.799. The number of anilines is 1. The van der Waals surface area contributed by atoms with Crippen molar-refractivity contribution < 1.29 is 0 Å². The van der Waals surface area contributed by atoms with Gasteiger partial charge in [-0.1, -0.05) is 0 Å². The normalized spacial score (nSPS) is 11.3. The van der Waals surface area contributed by atoms with Gasteiger partial charge in [0, 0.05) is 18.3 Å². The Morgan fingerprint density at radius 3 is 2.53 bits per heavy atom. The number of hydrogen-bond donors (Lipinski definition) is 1. The number of rotatable bonds is 8. The van der Waals surface area contributed by atoms with Gasteiger partial charge in [0.2, 0.25) is 0 Å². The van der Waals surface area contributed by atoms with Gasteiger partial charge in [0.15, 0.2) is 0 Å². The van der Waals surface area contributed by atoms with Crippen LogP contribution in [0.3, 0.4) is 0 Å². The van der Waals surface area contributed by atoms with E-state index in [1.165, 1.54) is 0 Å². The highest BCUT2D eigenvalue weighted by Crippen LogP contribution is 2.07. The Labute approximate surface area is 117 Å². The fourth-order valence-electron chi connectivity index (χ4n) is 1.95. The predicted octanol–water partition coefficient (Wildman–Crippen LogP) is 1.60. The summed E-state index contributed by atoms with van der Waals surface area (Å²) in [6.45, 7) is 7.94. The quantitative estimate of drug-likeness (QED) is 0.773. The first-order valence-corrected chi connectivity index (χ1v) is 6.93. The second-order valence-corrected chi connectivity index (χ2v) is 5.24. The van der Waals surface area contributed by atoms with Crippen molar-refractivity contribution in [3.05, 3.63) is 17.6 Å². The Morgan fingerprint density at radius 2 is 1.89 bits per heavy atom. The molecule has 0 unspecified atom stereocenters. The van der Waals surface area contributed by atoms with Crippen LogP contribution in [-0.4, -0.2) is 60.5 Å². The predicted molar refractivity (Wildman–Crippen MR) is 80.4 cm³/mol. The topological polar surface area (TPSA) is 44.3 Å². The second-order valence-electron chi connectivity index (χ2n) is 5.24. The van der Waals surface area contributed by atoms with Crippen molar-refractivity contribution in [2.45, 2.75) is 26.8 Å². The summed E-state index contributed by atoms with van der Waals surface area (Å²) in [5.41, 5.74) is 1.02. The third kappa shape index (κ3) is 6.50. The summed E-state index contributed by atoms with van der Waals surface area (Å²) >= 11 is 0. The average Bonchev–Trinajstić information content (AvgIpc) is 2.27. The third-order valence-corrected chi connectivity index (χ3v) is 2.81. The lowest BCUT2D eigenvalue weighted by Crippen LogP contribution is -2.24. The molecule has 1 rings (SSSR count). The number of aromatic nitrogens is 2. The monoisotopic (exact) mass is 265 g/mol. The lowest BCUT2D eigenvalue weighted by Gasteiger charge is -2.17. The van der Waals surface area contributed by atoms with Gasteiger partial charge in [-0.15, -0.1) is 0 Å². The zero-order chi connectivity index (χ0) is 14.3. The van der Waals surface area contributed by atoms with E-state index in [4.69, 9.17) is 0 Å². The van der Waals surface area contributed by atoms with Crippen LogP contribution in [0.1, 0.15) is 24.9 Å². The van der Waals surface area contributed by atoms with Crippen LogP contribution < -0.4 is 5.32 Å². The van der Waals surface area contributed by atoms with E-state index in [-0.39, 0.29) is 0 Å². The van der Waals surface area contributed by atoms with Gasteiger partial charge in [0.1, 0.15) is 11.6 Å². The Kier molecular flexibility index (Phi) is 6.73. The fourth-order valence-corrected chi connectivity index (χ4v) is 1.95. The molecule has 1 heterocycles. The van der Waals surface area contributed by atoms with Gasteiger partial charge in [0.25, 0.3) is 0 Å². The maximum absolute atomic E-state index is 4.53. The van der Waals surface area contributed by atoms with Crippen LogP contribution in [0.25, 0.3) is 0 Å².